The zero-order valence-electron chi connectivity index (χ0n) is 12.3. The number of carbonyl (C=O) groups excluding carboxylic acids is 1. The van der Waals surface area contributed by atoms with Gasteiger partial charge in [0.15, 0.2) is 6.29 Å². The molecular weight excluding hydrogens is 344 g/mol. The van der Waals surface area contributed by atoms with Crippen LogP contribution in [-0.4, -0.2) is 22.3 Å². The molecule has 0 aliphatic rings. The molecule has 0 saturated carbocycles. The Morgan fingerprint density at radius 1 is 1.32 bits per heavy atom. The fourth-order valence-electron chi connectivity index (χ4n) is 2.38. The summed E-state index contributed by atoms with van der Waals surface area (Å²) in [5.74, 6) is 0.807. The predicted octanol–water partition coefficient (Wildman–Crippen LogP) is 4.28. The number of pyridine rings is 1. The second-order valence-electron chi connectivity index (χ2n) is 4.95. The van der Waals surface area contributed by atoms with Gasteiger partial charge in [-0.25, -0.2) is 4.98 Å². The first kappa shape index (κ1) is 14.8. The van der Waals surface area contributed by atoms with Crippen LogP contribution in [0.3, 0.4) is 0 Å². The van der Waals surface area contributed by atoms with Crippen molar-refractivity contribution in [2.75, 3.05) is 6.61 Å². The number of imidazole rings is 1. The van der Waals surface area contributed by atoms with E-state index in [9.17, 15) is 4.79 Å². The van der Waals surface area contributed by atoms with Gasteiger partial charge >= 0.3 is 0 Å². The highest BCUT2D eigenvalue weighted by Gasteiger charge is 2.14. The number of aromatic nitrogens is 2. The molecule has 22 heavy (non-hydrogen) atoms. The molecule has 0 N–H and O–H groups in total. The Kier molecular flexibility index (Phi) is 3.98. The summed E-state index contributed by atoms with van der Waals surface area (Å²) in [4.78, 5) is 16.1. The Balaban J connectivity index is 2.15. The number of benzene rings is 1. The molecule has 0 atom stereocenters. The van der Waals surface area contributed by atoms with E-state index >= 15 is 0 Å². The molecule has 0 unspecified atom stereocenters. The molecule has 1 aromatic carbocycles. The molecule has 0 fully saturated rings. The Morgan fingerprint density at radius 2 is 2.05 bits per heavy atom. The van der Waals surface area contributed by atoms with Gasteiger partial charge in [-0.05, 0) is 65.7 Å². The number of fused-ring (bicyclic) bond motifs is 1. The maximum absolute atomic E-state index is 11.5. The average molecular weight is 359 g/mol. The Bertz CT molecular complexity index is 838. The second kappa shape index (κ2) is 5.93. The van der Waals surface area contributed by atoms with E-state index in [1.165, 1.54) is 0 Å². The SMILES string of the molecule is CCOc1ccc(-c2nc3cc(C)c(Br)cn3c2C=O)cc1. The van der Waals surface area contributed by atoms with Crippen molar-refractivity contribution < 1.29 is 9.53 Å². The largest absolute Gasteiger partial charge is 0.494 e. The fraction of sp³-hybridized carbons (Fsp3) is 0.176. The number of hydrogen-bond acceptors (Lipinski definition) is 3. The molecule has 0 aliphatic carbocycles. The minimum absolute atomic E-state index is 0.542. The summed E-state index contributed by atoms with van der Waals surface area (Å²) in [6.45, 7) is 4.57. The van der Waals surface area contributed by atoms with Gasteiger partial charge in [0.1, 0.15) is 22.8 Å². The lowest BCUT2D eigenvalue weighted by Crippen LogP contribution is -1.94. The predicted molar refractivity (Wildman–Crippen MR) is 89.6 cm³/mol. The zero-order valence-corrected chi connectivity index (χ0v) is 13.9. The van der Waals surface area contributed by atoms with Gasteiger partial charge < -0.3 is 4.74 Å². The Morgan fingerprint density at radius 3 is 2.68 bits per heavy atom. The monoisotopic (exact) mass is 358 g/mol. The first-order chi connectivity index (χ1) is 10.6. The first-order valence-corrected chi connectivity index (χ1v) is 7.80. The van der Waals surface area contributed by atoms with Crippen LogP contribution in [0.2, 0.25) is 0 Å². The van der Waals surface area contributed by atoms with Crippen LogP contribution in [0.25, 0.3) is 16.9 Å². The van der Waals surface area contributed by atoms with E-state index in [4.69, 9.17) is 4.74 Å². The van der Waals surface area contributed by atoms with Gasteiger partial charge in [0.2, 0.25) is 0 Å². The van der Waals surface area contributed by atoms with Crippen molar-refractivity contribution in [1.82, 2.24) is 9.38 Å². The van der Waals surface area contributed by atoms with Gasteiger partial charge in [0, 0.05) is 16.2 Å². The molecular formula is C17H15BrN2O2. The number of aryl methyl sites for hydroxylation is 1. The first-order valence-electron chi connectivity index (χ1n) is 7.00. The molecule has 2 heterocycles. The number of ether oxygens (including phenoxy) is 1. The molecule has 5 heteroatoms. The van der Waals surface area contributed by atoms with Crippen molar-refractivity contribution in [2.45, 2.75) is 13.8 Å². The van der Waals surface area contributed by atoms with Gasteiger partial charge in [-0.1, -0.05) is 0 Å². The van der Waals surface area contributed by atoms with Crippen LogP contribution < -0.4 is 4.74 Å². The molecule has 0 saturated heterocycles. The fourth-order valence-corrected chi connectivity index (χ4v) is 2.70. The highest BCUT2D eigenvalue weighted by atomic mass is 79.9. The third-order valence-electron chi connectivity index (χ3n) is 3.49. The van der Waals surface area contributed by atoms with Crippen molar-refractivity contribution in [3.63, 3.8) is 0 Å². The van der Waals surface area contributed by atoms with Crippen LogP contribution in [-0.2, 0) is 0 Å². The lowest BCUT2D eigenvalue weighted by molar-refractivity contribution is 0.111. The van der Waals surface area contributed by atoms with Crippen molar-refractivity contribution in [3.8, 4) is 17.0 Å². The van der Waals surface area contributed by atoms with Crippen LogP contribution in [0, 0.1) is 6.92 Å². The van der Waals surface area contributed by atoms with Crippen LogP contribution >= 0.6 is 15.9 Å². The third-order valence-corrected chi connectivity index (χ3v) is 4.32. The number of aldehydes is 1. The summed E-state index contributed by atoms with van der Waals surface area (Å²) >= 11 is 3.49. The van der Waals surface area contributed by atoms with Crippen molar-refractivity contribution in [2.24, 2.45) is 0 Å². The van der Waals surface area contributed by atoms with Crippen molar-refractivity contribution in [1.29, 1.82) is 0 Å². The van der Waals surface area contributed by atoms with Crippen LogP contribution in [0.4, 0.5) is 0 Å². The molecule has 0 aliphatic heterocycles. The van der Waals surface area contributed by atoms with Crippen molar-refractivity contribution in [3.05, 3.63) is 52.3 Å². The highest BCUT2D eigenvalue weighted by Crippen LogP contribution is 2.27. The lowest BCUT2D eigenvalue weighted by Gasteiger charge is -2.04. The maximum Gasteiger partial charge on any atom is 0.169 e. The van der Waals surface area contributed by atoms with E-state index in [1.54, 1.807) is 4.40 Å². The molecule has 0 bridgehead atoms. The third kappa shape index (κ3) is 2.52. The molecule has 0 radical (unpaired) electrons. The summed E-state index contributed by atoms with van der Waals surface area (Å²) in [5.41, 5.74) is 3.94. The minimum atomic E-state index is 0.542. The number of halogens is 1. The summed E-state index contributed by atoms with van der Waals surface area (Å²) in [6, 6.07) is 9.57. The molecule has 4 nitrogen and oxygen atoms in total. The molecule has 3 aromatic rings. The van der Waals surface area contributed by atoms with Gasteiger partial charge in [0.05, 0.1) is 6.61 Å². The zero-order chi connectivity index (χ0) is 15.7. The number of carbonyl (C=O) groups is 1. The summed E-state index contributed by atoms with van der Waals surface area (Å²) in [5, 5.41) is 0. The van der Waals surface area contributed by atoms with E-state index in [-0.39, 0.29) is 0 Å². The van der Waals surface area contributed by atoms with E-state index < -0.39 is 0 Å². The topological polar surface area (TPSA) is 43.6 Å². The van der Waals surface area contributed by atoms with Gasteiger partial charge in [-0.2, -0.15) is 0 Å². The quantitative estimate of drug-likeness (QED) is 0.653. The lowest BCUT2D eigenvalue weighted by atomic mass is 10.1. The molecule has 2 aromatic heterocycles. The van der Waals surface area contributed by atoms with E-state index in [0.717, 1.165) is 33.3 Å². The second-order valence-corrected chi connectivity index (χ2v) is 5.81. The molecule has 0 spiro atoms. The number of rotatable bonds is 4. The molecule has 112 valence electrons. The minimum Gasteiger partial charge on any atom is -0.494 e. The normalized spacial score (nSPS) is 10.9. The smallest absolute Gasteiger partial charge is 0.169 e. The van der Waals surface area contributed by atoms with E-state index in [0.29, 0.717) is 18.0 Å². The van der Waals surface area contributed by atoms with E-state index in [2.05, 4.69) is 20.9 Å². The summed E-state index contributed by atoms with van der Waals surface area (Å²) < 4.78 is 8.19. The van der Waals surface area contributed by atoms with Crippen LogP contribution in [0.1, 0.15) is 23.0 Å². The van der Waals surface area contributed by atoms with E-state index in [1.807, 2.05) is 50.4 Å². The van der Waals surface area contributed by atoms with Gasteiger partial charge in [-0.3, -0.25) is 9.20 Å². The van der Waals surface area contributed by atoms with Gasteiger partial charge in [0.25, 0.3) is 0 Å². The highest BCUT2D eigenvalue weighted by molar-refractivity contribution is 9.10. The Hall–Kier alpha value is -2.14. The van der Waals surface area contributed by atoms with Crippen LogP contribution in [0.5, 0.6) is 5.75 Å². The molecule has 3 rings (SSSR count). The number of hydrogen-bond donors (Lipinski definition) is 0. The average Bonchev–Trinajstić information content (AvgIpc) is 2.86. The summed E-state index contributed by atoms with van der Waals surface area (Å²) in [6.07, 6.45) is 2.72. The van der Waals surface area contributed by atoms with Crippen LogP contribution in [0.15, 0.2) is 41.0 Å². The maximum atomic E-state index is 11.5. The Labute approximate surface area is 136 Å². The molecule has 0 amide bonds. The standard InChI is InChI=1S/C17H15BrN2O2/c1-3-22-13-6-4-12(5-7-13)17-15(10-21)20-9-14(18)11(2)8-16(20)19-17/h4-10H,3H2,1-2H3. The van der Waals surface area contributed by atoms with Crippen molar-refractivity contribution >= 4 is 27.9 Å². The number of nitrogens with zero attached hydrogens (tertiary/aromatic N) is 2. The van der Waals surface area contributed by atoms with Gasteiger partial charge in [-0.15, -0.1) is 0 Å². The summed E-state index contributed by atoms with van der Waals surface area (Å²) in [7, 11) is 0.